The van der Waals surface area contributed by atoms with E-state index < -0.39 is 0 Å². The first-order valence-corrected chi connectivity index (χ1v) is 5.68. The van der Waals surface area contributed by atoms with E-state index in [2.05, 4.69) is 21.8 Å². The number of hydrogen-bond donors (Lipinski definition) is 2. The SMILES string of the molecule is C=C(/C=C/N)c1nc(-c2nnc(CN)o2)cs1. The second-order valence-corrected chi connectivity index (χ2v) is 3.99. The Morgan fingerprint density at radius 1 is 1.53 bits per heavy atom. The van der Waals surface area contributed by atoms with E-state index in [0.29, 0.717) is 17.5 Å². The first-order chi connectivity index (χ1) is 8.24. The molecule has 0 bridgehead atoms. The molecule has 0 unspecified atom stereocenters. The van der Waals surface area contributed by atoms with Crippen LogP contribution >= 0.6 is 11.3 Å². The van der Waals surface area contributed by atoms with Crippen LogP contribution < -0.4 is 11.5 Å². The standard InChI is InChI=1S/C10H11N5OS/c1-6(2-3-11)10-13-7(5-17-10)9-15-14-8(4-12)16-9/h2-3,5H,1,4,11-12H2/b3-2+. The maximum atomic E-state index is 5.38. The summed E-state index contributed by atoms with van der Waals surface area (Å²) in [6.07, 6.45) is 3.10. The minimum absolute atomic E-state index is 0.215. The van der Waals surface area contributed by atoms with Gasteiger partial charge in [0.15, 0.2) is 0 Å². The molecule has 0 radical (unpaired) electrons. The topological polar surface area (TPSA) is 104 Å². The fraction of sp³-hybridized carbons (Fsp3) is 0.100. The van der Waals surface area contributed by atoms with Crippen LogP contribution in [0.1, 0.15) is 10.9 Å². The number of rotatable bonds is 4. The molecule has 2 heterocycles. The van der Waals surface area contributed by atoms with Crippen molar-refractivity contribution < 1.29 is 4.42 Å². The van der Waals surface area contributed by atoms with Gasteiger partial charge in [-0.15, -0.1) is 21.5 Å². The Balaban J connectivity index is 2.26. The predicted octanol–water partition coefficient (Wildman–Crippen LogP) is 1.14. The van der Waals surface area contributed by atoms with Crippen molar-refractivity contribution in [2.75, 3.05) is 0 Å². The van der Waals surface area contributed by atoms with Gasteiger partial charge in [-0.2, -0.15) is 0 Å². The van der Waals surface area contributed by atoms with Crippen LogP contribution in [-0.2, 0) is 6.54 Å². The fourth-order valence-electron chi connectivity index (χ4n) is 1.15. The maximum Gasteiger partial charge on any atom is 0.267 e. The number of allylic oxidation sites excluding steroid dienone is 2. The van der Waals surface area contributed by atoms with Gasteiger partial charge in [0.1, 0.15) is 10.7 Å². The molecule has 2 rings (SSSR count). The van der Waals surface area contributed by atoms with Crippen molar-refractivity contribution in [1.82, 2.24) is 15.2 Å². The lowest BCUT2D eigenvalue weighted by Crippen LogP contribution is -1.95. The summed E-state index contributed by atoms with van der Waals surface area (Å²) in [7, 11) is 0. The molecule has 4 N–H and O–H groups in total. The minimum atomic E-state index is 0.215. The van der Waals surface area contributed by atoms with Gasteiger partial charge in [0.2, 0.25) is 5.89 Å². The lowest BCUT2D eigenvalue weighted by Gasteiger charge is -1.91. The summed E-state index contributed by atoms with van der Waals surface area (Å²) in [5.74, 6) is 0.743. The van der Waals surface area contributed by atoms with Gasteiger partial charge in [-0.3, -0.25) is 0 Å². The van der Waals surface area contributed by atoms with Crippen molar-refractivity contribution in [2.24, 2.45) is 11.5 Å². The van der Waals surface area contributed by atoms with Gasteiger partial charge in [-0.1, -0.05) is 6.58 Å². The summed E-state index contributed by atoms with van der Waals surface area (Å²) in [4.78, 5) is 4.32. The molecule has 0 aromatic carbocycles. The molecular formula is C10H11N5OS. The zero-order valence-corrected chi connectivity index (χ0v) is 9.78. The van der Waals surface area contributed by atoms with Crippen LogP contribution in [0.2, 0.25) is 0 Å². The van der Waals surface area contributed by atoms with Crippen LogP contribution in [0.15, 0.2) is 28.7 Å². The molecule has 7 heteroatoms. The van der Waals surface area contributed by atoms with E-state index in [4.69, 9.17) is 15.9 Å². The molecule has 0 fully saturated rings. The fourth-order valence-corrected chi connectivity index (χ4v) is 1.89. The number of thiazole rings is 1. The molecule has 0 aliphatic heterocycles. The Bertz CT molecular complexity index is 557. The predicted molar refractivity (Wildman–Crippen MR) is 65.7 cm³/mol. The average molecular weight is 249 g/mol. The van der Waals surface area contributed by atoms with Gasteiger partial charge in [0, 0.05) is 11.0 Å². The van der Waals surface area contributed by atoms with Crippen molar-refractivity contribution in [3.63, 3.8) is 0 Å². The summed E-state index contributed by atoms with van der Waals surface area (Å²) in [6, 6.07) is 0. The van der Waals surface area contributed by atoms with E-state index in [1.807, 2.05) is 5.38 Å². The van der Waals surface area contributed by atoms with E-state index in [-0.39, 0.29) is 6.54 Å². The van der Waals surface area contributed by atoms with E-state index in [0.717, 1.165) is 10.6 Å². The number of aromatic nitrogens is 3. The van der Waals surface area contributed by atoms with Gasteiger partial charge in [0.25, 0.3) is 5.89 Å². The van der Waals surface area contributed by atoms with Crippen molar-refractivity contribution in [2.45, 2.75) is 6.54 Å². The highest BCUT2D eigenvalue weighted by atomic mass is 32.1. The number of hydrogen-bond acceptors (Lipinski definition) is 7. The molecule has 0 amide bonds. The third kappa shape index (κ3) is 2.40. The largest absolute Gasteiger partial charge is 0.418 e. The summed E-state index contributed by atoms with van der Waals surface area (Å²) >= 11 is 1.43. The van der Waals surface area contributed by atoms with E-state index in [1.165, 1.54) is 17.5 Å². The molecule has 0 saturated heterocycles. The number of nitrogens with zero attached hydrogens (tertiary/aromatic N) is 3. The first-order valence-electron chi connectivity index (χ1n) is 4.80. The van der Waals surface area contributed by atoms with Crippen LogP contribution in [0, 0.1) is 0 Å². The maximum absolute atomic E-state index is 5.38. The second-order valence-electron chi connectivity index (χ2n) is 3.13. The molecular weight excluding hydrogens is 238 g/mol. The summed E-state index contributed by atoms with van der Waals surface area (Å²) in [6.45, 7) is 4.05. The normalized spacial score (nSPS) is 11.1. The van der Waals surface area contributed by atoms with Crippen LogP contribution in [0.4, 0.5) is 0 Å². The zero-order chi connectivity index (χ0) is 12.3. The van der Waals surface area contributed by atoms with E-state index >= 15 is 0 Å². The van der Waals surface area contributed by atoms with Crippen LogP contribution in [0.3, 0.4) is 0 Å². The molecule has 88 valence electrons. The van der Waals surface area contributed by atoms with Crippen molar-refractivity contribution in [1.29, 1.82) is 0 Å². The summed E-state index contributed by atoms with van der Waals surface area (Å²) in [5.41, 5.74) is 12.0. The Morgan fingerprint density at radius 2 is 2.35 bits per heavy atom. The van der Waals surface area contributed by atoms with Crippen molar-refractivity contribution in [3.8, 4) is 11.6 Å². The third-order valence-electron chi connectivity index (χ3n) is 1.94. The Labute approximate surface area is 102 Å². The molecule has 0 spiro atoms. The summed E-state index contributed by atoms with van der Waals surface area (Å²) in [5, 5.41) is 10.2. The van der Waals surface area contributed by atoms with E-state index in [9.17, 15) is 0 Å². The lowest BCUT2D eigenvalue weighted by molar-refractivity contribution is 0.507. The van der Waals surface area contributed by atoms with Crippen LogP contribution in [0.5, 0.6) is 0 Å². The molecule has 0 atom stereocenters. The Morgan fingerprint density at radius 3 is 3.00 bits per heavy atom. The monoisotopic (exact) mass is 249 g/mol. The minimum Gasteiger partial charge on any atom is -0.418 e. The Hall–Kier alpha value is -1.99. The van der Waals surface area contributed by atoms with Gasteiger partial charge in [0.05, 0.1) is 6.54 Å². The third-order valence-corrected chi connectivity index (χ3v) is 2.85. The smallest absolute Gasteiger partial charge is 0.267 e. The van der Waals surface area contributed by atoms with Crippen LogP contribution in [0.25, 0.3) is 17.2 Å². The highest BCUT2D eigenvalue weighted by Gasteiger charge is 2.12. The molecule has 0 saturated carbocycles. The molecule has 2 aromatic rings. The average Bonchev–Trinajstić information content (AvgIpc) is 2.98. The van der Waals surface area contributed by atoms with Gasteiger partial charge < -0.3 is 15.9 Å². The molecule has 17 heavy (non-hydrogen) atoms. The molecule has 0 aliphatic rings. The van der Waals surface area contributed by atoms with Gasteiger partial charge >= 0.3 is 0 Å². The molecule has 6 nitrogen and oxygen atoms in total. The van der Waals surface area contributed by atoms with Gasteiger partial charge in [-0.25, -0.2) is 4.98 Å². The van der Waals surface area contributed by atoms with Gasteiger partial charge in [-0.05, 0) is 12.3 Å². The second kappa shape index (κ2) is 4.89. The molecule has 2 aromatic heterocycles. The highest BCUT2D eigenvalue weighted by molar-refractivity contribution is 7.11. The van der Waals surface area contributed by atoms with Crippen LogP contribution in [-0.4, -0.2) is 15.2 Å². The first kappa shape index (κ1) is 11.5. The zero-order valence-electron chi connectivity index (χ0n) is 8.96. The highest BCUT2D eigenvalue weighted by Crippen LogP contribution is 2.24. The quantitative estimate of drug-likeness (QED) is 0.787. The lowest BCUT2D eigenvalue weighted by atomic mass is 10.3. The molecule has 0 aliphatic carbocycles. The Kier molecular flexibility index (Phi) is 3.31. The van der Waals surface area contributed by atoms with Crippen molar-refractivity contribution >= 4 is 16.9 Å². The van der Waals surface area contributed by atoms with E-state index in [1.54, 1.807) is 6.08 Å². The number of nitrogens with two attached hydrogens (primary N) is 2. The van der Waals surface area contributed by atoms with Crippen molar-refractivity contribution in [3.05, 3.63) is 35.1 Å². The summed E-state index contributed by atoms with van der Waals surface area (Å²) < 4.78 is 5.30.